The van der Waals surface area contributed by atoms with Gasteiger partial charge >= 0.3 is 11.7 Å². The van der Waals surface area contributed by atoms with Crippen LogP contribution in [0.25, 0.3) is 10.9 Å². The van der Waals surface area contributed by atoms with Crippen LogP contribution < -0.4 is 38.8 Å². The number of rotatable bonds is 5. The molecular formula is C19H26FN7O3. The number of carbonyl (C=O) groups is 1. The lowest BCUT2D eigenvalue weighted by molar-refractivity contribution is 0.247. The van der Waals surface area contributed by atoms with Gasteiger partial charge in [0.1, 0.15) is 5.82 Å². The van der Waals surface area contributed by atoms with Gasteiger partial charge in [-0.1, -0.05) is 0 Å². The molecule has 2 fully saturated rings. The van der Waals surface area contributed by atoms with Crippen LogP contribution in [0, 0.1) is 18.7 Å². The summed E-state index contributed by atoms with van der Waals surface area (Å²) in [7, 11) is 0. The molecule has 7 N–H and O–H groups in total. The van der Waals surface area contributed by atoms with Crippen LogP contribution in [0.4, 0.5) is 14.9 Å². The van der Waals surface area contributed by atoms with Gasteiger partial charge in [-0.3, -0.25) is 9.36 Å². The van der Waals surface area contributed by atoms with E-state index >= 15 is 4.39 Å². The Labute approximate surface area is 171 Å². The molecule has 1 aliphatic heterocycles. The third kappa shape index (κ3) is 3.28. The Hall–Kier alpha value is -3.08. The van der Waals surface area contributed by atoms with Crippen molar-refractivity contribution < 1.29 is 9.18 Å². The zero-order valence-electron chi connectivity index (χ0n) is 16.7. The van der Waals surface area contributed by atoms with Crippen molar-refractivity contribution in [3.05, 3.63) is 38.3 Å². The summed E-state index contributed by atoms with van der Waals surface area (Å²) in [6.07, 6.45) is 2.35. The van der Waals surface area contributed by atoms with E-state index in [0.717, 1.165) is 19.3 Å². The van der Waals surface area contributed by atoms with E-state index in [1.165, 1.54) is 10.6 Å². The SMILES string of the molecule is Cc1c(N2CC[C@@H]([C@@H](N)CNC(N)=O)C2)c(F)cc2c(=O)n(N)c(=O)n(C3CC3)c12. The molecule has 11 heteroatoms. The van der Waals surface area contributed by atoms with Gasteiger partial charge in [-0.2, -0.15) is 4.68 Å². The molecule has 2 aromatic rings. The molecule has 30 heavy (non-hydrogen) atoms. The number of aromatic nitrogens is 2. The van der Waals surface area contributed by atoms with Crippen LogP contribution in [0.3, 0.4) is 0 Å². The summed E-state index contributed by atoms with van der Waals surface area (Å²) in [5.41, 5.74) is 11.3. The Balaban J connectivity index is 1.75. The number of nitrogens with two attached hydrogens (primary N) is 3. The largest absolute Gasteiger partial charge is 0.369 e. The smallest absolute Gasteiger partial charge is 0.350 e. The van der Waals surface area contributed by atoms with Crippen LogP contribution in [-0.4, -0.2) is 41.0 Å². The molecule has 0 bridgehead atoms. The fourth-order valence-corrected chi connectivity index (χ4v) is 4.44. The van der Waals surface area contributed by atoms with Crippen molar-refractivity contribution in [1.29, 1.82) is 0 Å². The molecule has 1 aliphatic carbocycles. The van der Waals surface area contributed by atoms with Gasteiger partial charge in [0.25, 0.3) is 5.56 Å². The van der Waals surface area contributed by atoms with Crippen molar-refractivity contribution in [3.8, 4) is 0 Å². The van der Waals surface area contributed by atoms with E-state index in [1.807, 2.05) is 4.90 Å². The molecule has 10 nitrogen and oxygen atoms in total. The quantitative estimate of drug-likeness (QED) is 0.478. The van der Waals surface area contributed by atoms with Gasteiger partial charge in [-0.25, -0.2) is 14.0 Å². The van der Waals surface area contributed by atoms with Crippen LogP contribution in [0.5, 0.6) is 0 Å². The van der Waals surface area contributed by atoms with Crippen LogP contribution in [0.2, 0.25) is 0 Å². The van der Waals surface area contributed by atoms with E-state index in [-0.39, 0.29) is 29.9 Å². The molecular weight excluding hydrogens is 393 g/mol. The molecule has 2 atom stereocenters. The number of nitrogens with one attached hydrogen (secondary N) is 1. The number of hydrogen-bond donors (Lipinski definition) is 4. The van der Waals surface area contributed by atoms with Gasteiger partial charge in [0.2, 0.25) is 0 Å². The first-order chi connectivity index (χ1) is 14.2. The van der Waals surface area contributed by atoms with Crippen molar-refractivity contribution in [3.63, 3.8) is 0 Å². The topological polar surface area (TPSA) is 154 Å². The molecule has 1 saturated carbocycles. The van der Waals surface area contributed by atoms with Crippen molar-refractivity contribution in [1.82, 2.24) is 14.6 Å². The second-order valence-electron chi connectivity index (χ2n) is 8.19. The van der Waals surface area contributed by atoms with Gasteiger partial charge in [0.05, 0.1) is 16.6 Å². The number of anilines is 1. The highest BCUT2D eigenvalue weighted by Gasteiger charge is 2.33. The van der Waals surface area contributed by atoms with Gasteiger partial charge in [0.15, 0.2) is 0 Å². The lowest BCUT2D eigenvalue weighted by atomic mass is 10.00. The first-order valence-electron chi connectivity index (χ1n) is 10.00. The fraction of sp³-hybridized carbons (Fsp3) is 0.526. The lowest BCUT2D eigenvalue weighted by Gasteiger charge is -2.25. The Morgan fingerprint density at radius 2 is 2.03 bits per heavy atom. The minimum atomic E-state index is -0.709. The van der Waals surface area contributed by atoms with E-state index in [1.54, 1.807) is 6.92 Å². The van der Waals surface area contributed by atoms with E-state index in [9.17, 15) is 14.4 Å². The Morgan fingerprint density at radius 3 is 2.67 bits per heavy atom. The molecule has 1 saturated heterocycles. The summed E-state index contributed by atoms with van der Waals surface area (Å²) in [6, 6.07) is 0.177. The number of benzene rings is 1. The summed E-state index contributed by atoms with van der Waals surface area (Å²) < 4.78 is 17.2. The Morgan fingerprint density at radius 1 is 1.33 bits per heavy atom. The van der Waals surface area contributed by atoms with E-state index in [0.29, 0.717) is 34.5 Å². The average Bonchev–Trinajstić information content (AvgIpc) is 3.42. The summed E-state index contributed by atoms with van der Waals surface area (Å²) in [5, 5.41) is 2.60. The van der Waals surface area contributed by atoms with E-state index < -0.39 is 23.1 Å². The molecule has 2 amide bonds. The van der Waals surface area contributed by atoms with Gasteiger partial charge in [-0.15, -0.1) is 0 Å². The zero-order valence-corrected chi connectivity index (χ0v) is 16.7. The van der Waals surface area contributed by atoms with Crippen LogP contribution in [0.1, 0.15) is 30.9 Å². The Kier molecular flexibility index (Phi) is 4.92. The number of fused-ring (bicyclic) bond motifs is 1. The maximum absolute atomic E-state index is 15.2. The first-order valence-corrected chi connectivity index (χ1v) is 10.00. The minimum absolute atomic E-state index is 0.0352. The second-order valence-corrected chi connectivity index (χ2v) is 8.19. The van der Waals surface area contributed by atoms with Crippen molar-refractivity contribution in [2.24, 2.45) is 17.4 Å². The summed E-state index contributed by atoms with van der Waals surface area (Å²) in [5.74, 6) is 5.16. The Bertz CT molecular complexity index is 1140. The predicted octanol–water partition coefficient (Wildman–Crippen LogP) is -0.519. The second kappa shape index (κ2) is 7.31. The van der Waals surface area contributed by atoms with E-state index in [2.05, 4.69) is 5.32 Å². The minimum Gasteiger partial charge on any atom is -0.369 e. The number of nitrogen functional groups attached to an aromatic ring is 1. The third-order valence-electron chi connectivity index (χ3n) is 6.14. The summed E-state index contributed by atoms with van der Waals surface area (Å²) >= 11 is 0. The normalized spacial score (nSPS) is 20.0. The highest BCUT2D eigenvalue weighted by molar-refractivity contribution is 5.87. The highest BCUT2D eigenvalue weighted by atomic mass is 19.1. The van der Waals surface area contributed by atoms with Crippen LogP contribution in [0.15, 0.2) is 15.7 Å². The number of aryl methyl sites for hydroxylation is 1. The maximum atomic E-state index is 15.2. The molecule has 1 aromatic carbocycles. The first kappa shape index (κ1) is 20.2. The molecule has 1 aromatic heterocycles. The zero-order chi connectivity index (χ0) is 21.7. The van der Waals surface area contributed by atoms with Gasteiger partial charge in [0, 0.05) is 37.3 Å². The van der Waals surface area contributed by atoms with Crippen LogP contribution >= 0.6 is 0 Å². The summed E-state index contributed by atoms with van der Waals surface area (Å²) in [4.78, 5) is 38.0. The number of carbonyl (C=O) groups excluding carboxylic acids is 1. The molecule has 0 unspecified atom stereocenters. The molecule has 2 heterocycles. The average molecular weight is 419 g/mol. The maximum Gasteiger partial charge on any atom is 0.350 e. The van der Waals surface area contributed by atoms with Gasteiger partial charge in [-0.05, 0) is 38.2 Å². The van der Waals surface area contributed by atoms with Gasteiger partial charge < -0.3 is 27.5 Å². The van der Waals surface area contributed by atoms with Crippen molar-refractivity contribution in [2.75, 3.05) is 30.4 Å². The number of urea groups is 1. The number of primary amides is 1. The molecule has 2 aliphatic rings. The monoisotopic (exact) mass is 419 g/mol. The van der Waals surface area contributed by atoms with Crippen molar-refractivity contribution >= 4 is 22.6 Å². The number of nitrogens with zero attached hydrogens (tertiary/aromatic N) is 3. The molecule has 4 rings (SSSR count). The summed E-state index contributed by atoms with van der Waals surface area (Å²) in [6.45, 7) is 3.03. The molecule has 162 valence electrons. The fourth-order valence-electron chi connectivity index (χ4n) is 4.44. The molecule has 0 spiro atoms. The number of hydrogen-bond acceptors (Lipinski definition) is 6. The van der Waals surface area contributed by atoms with Crippen molar-refractivity contribution in [2.45, 2.75) is 38.3 Å². The standard InChI is InChI=1S/C19H26FN7O3/c1-9-15-12(17(28)27(23)19(30)26(15)11-2-3-11)6-13(20)16(9)25-5-4-10(8-25)14(21)7-24-18(22)29/h6,10-11,14H,2-5,7-8,21,23H2,1H3,(H3,22,24,29)/t10-,14+/m1/s1. The third-order valence-corrected chi connectivity index (χ3v) is 6.14. The van der Waals surface area contributed by atoms with Crippen LogP contribution in [-0.2, 0) is 0 Å². The number of halogens is 1. The lowest BCUT2D eigenvalue weighted by Crippen LogP contribution is -2.45. The van der Waals surface area contributed by atoms with E-state index in [4.69, 9.17) is 17.3 Å². The predicted molar refractivity (Wildman–Crippen MR) is 111 cm³/mol. The number of amides is 2. The molecule has 0 radical (unpaired) electrons. The highest BCUT2D eigenvalue weighted by Crippen LogP contribution is 2.39.